The smallest absolute Gasteiger partial charge is 0.132 e. The number of ether oxygens (including phenoxy) is 1. The standard InChI is InChI=1S/C15H14FN3O/c1-19-14-4-3-13(7-11(14)9-18-19)20-15-5-2-12(16)6-10(15)8-17/h2-7,9H,8,17H2,1H3. The van der Waals surface area contributed by atoms with Crippen LogP contribution in [-0.2, 0) is 13.6 Å². The second kappa shape index (κ2) is 4.94. The van der Waals surface area contributed by atoms with Crippen LogP contribution in [0.15, 0.2) is 42.6 Å². The summed E-state index contributed by atoms with van der Waals surface area (Å²) in [6.07, 6.45) is 1.77. The fourth-order valence-electron chi connectivity index (χ4n) is 2.14. The summed E-state index contributed by atoms with van der Waals surface area (Å²) in [4.78, 5) is 0. The summed E-state index contributed by atoms with van der Waals surface area (Å²) in [7, 11) is 1.88. The number of hydrogen-bond acceptors (Lipinski definition) is 3. The van der Waals surface area contributed by atoms with Crippen LogP contribution < -0.4 is 10.5 Å². The number of halogens is 1. The lowest BCUT2D eigenvalue weighted by Gasteiger charge is -2.10. The molecule has 0 saturated carbocycles. The van der Waals surface area contributed by atoms with Crippen LogP contribution in [0.4, 0.5) is 4.39 Å². The molecule has 1 heterocycles. The molecule has 102 valence electrons. The van der Waals surface area contributed by atoms with Crippen molar-refractivity contribution in [2.75, 3.05) is 0 Å². The van der Waals surface area contributed by atoms with Crippen molar-refractivity contribution in [1.29, 1.82) is 0 Å². The molecule has 0 aliphatic rings. The minimum atomic E-state index is -0.319. The molecule has 0 spiro atoms. The van der Waals surface area contributed by atoms with E-state index >= 15 is 0 Å². The van der Waals surface area contributed by atoms with E-state index in [1.165, 1.54) is 12.1 Å². The van der Waals surface area contributed by atoms with E-state index < -0.39 is 0 Å². The molecule has 0 fully saturated rings. The Kier molecular flexibility index (Phi) is 3.12. The zero-order valence-electron chi connectivity index (χ0n) is 11.0. The zero-order chi connectivity index (χ0) is 14.1. The average Bonchev–Trinajstić information content (AvgIpc) is 2.82. The van der Waals surface area contributed by atoms with E-state index in [4.69, 9.17) is 10.5 Å². The van der Waals surface area contributed by atoms with Crippen LogP contribution in [0.5, 0.6) is 11.5 Å². The second-order valence-corrected chi connectivity index (χ2v) is 4.55. The second-order valence-electron chi connectivity index (χ2n) is 4.55. The molecule has 0 amide bonds. The molecule has 2 N–H and O–H groups in total. The maximum Gasteiger partial charge on any atom is 0.132 e. The summed E-state index contributed by atoms with van der Waals surface area (Å²) < 4.78 is 20.7. The number of nitrogens with zero attached hydrogens (tertiary/aromatic N) is 2. The third kappa shape index (κ3) is 2.23. The van der Waals surface area contributed by atoms with Gasteiger partial charge >= 0.3 is 0 Å². The summed E-state index contributed by atoms with van der Waals surface area (Å²) in [5.41, 5.74) is 7.27. The molecule has 0 saturated heterocycles. The highest BCUT2D eigenvalue weighted by Crippen LogP contribution is 2.28. The quantitative estimate of drug-likeness (QED) is 0.796. The van der Waals surface area contributed by atoms with Gasteiger partial charge < -0.3 is 10.5 Å². The third-order valence-corrected chi connectivity index (χ3v) is 3.19. The topological polar surface area (TPSA) is 53.1 Å². The number of nitrogens with two attached hydrogens (primary N) is 1. The molecule has 0 radical (unpaired) electrons. The SMILES string of the molecule is Cn1ncc2cc(Oc3ccc(F)cc3CN)ccc21. The van der Waals surface area contributed by atoms with Gasteiger partial charge in [0, 0.05) is 24.5 Å². The summed E-state index contributed by atoms with van der Waals surface area (Å²) in [5.74, 6) is 0.921. The van der Waals surface area contributed by atoms with Crippen LogP contribution in [0.25, 0.3) is 10.9 Å². The first kappa shape index (κ1) is 12.6. The zero-order valence-corrected chi connectivity index (χ0v) is 11.0. The molecular formula is C15H14FN3O. The molecule has 20 heavy (non-hydrogen) atoms. The molecule has 4 nitrogen and oxygen atoms in total. The van der Waals surface area contributed by atoms with Gasteiger partial charge in [-0.15, -0.1) is 0 Å². The monoisotopic (exact) mass is 271 g/mol. The van der Waals surface area contributed by atoms with Gasteiger partial charge in [-0.25, -0.2) is 4.39 Å². The Balaban J connectivity index is 1.96. The maximum absolute atomic E-state index is 13.2. The van der Waals surface area contributed by atoms with Crippen molar-refractivity contribution in [2.45, 2.75) is 6.54 Å². The van der Waals surface area contributed by atoms with Crippen molar-refractivity contribution < 1.29 is 9.13 Å². The fraction of sp³-hybridized carbons (Fsp3) is 0.133. The van der Waals surface area contributed by atoms with Crippen LogP contribution in [0, 0.1) is 5.82 Å². The number of benzene rings is 2. The van der Waals surface area contributed by atoms with Crippen LogP contribution in [0.2, 0.25) is 0 Å². The maximum atomic E-state index is 13.2. The molecule has 1 aromatic heterocycles. The Morgan fingerprint density at radius 3 is 2.90 bits per heavy atom. The lowest BCUT2D eigenvalue weighted by Crippen LogP contribution is -2.00. The lowest BCUT2D eigenvalue weighted by atomic mass is 10.2. The van der Waals surface area contributed by atoms with Gasteiger partial charge in [-0.05, 0) is 36.4 Å². The number of hydrogen-bond donors (Lipinski definition) is 1. The normalized spacial score (nSPS) is 10.9. The first-order valence-corrected chi connectivity index (χ1v) is 6.25. The molecule has 2 aromatic carbocycles. The van der Waals surface area contributed by atoms with E-state index in [0.717, 1.165) is 10.9 Å². The Morgan fingerprint density at radius 2 is 2.10 bits per heavy atom. The van der Waals surface area contributed by atoms with Crippen molar-refractivity contribution in [3.8, 4) is 11.5 Å². The van der Waals surface area contributed by atoms with Gasteiger partial charge in [-0.1, -0.05) is 0 Å². The van der Waals surface area contributed by atoms with E-state index in [9.17, 15) is 4.39 Å². The molecular weight excluding hydrogens is 257 g/mol. The van der Waals surface area contributed by atoms with Gasteiger partial charge in [-0.2, -0.15) is 5.10 Å². The van der Waals surface area contributed by atoms with E-state index in [0.29, 0.717) is 17.1 Å². The van der Waals surface area contributed by atoms with Gasteiger partial charge in [0.1, 0.15) is 17.3 Å². The molecule has 0 aliphatic carbocycles. The third-order valence-electron chi connectivity index (χ3n) is 3.19. The van der Waals surface area contributed by atoms with Crippen molar-refractivity contribution in [3.63, 3.8) is 0 Å². The van der Waals surface area contributed by atoms with Gasteiger partial charge in [0.05, 0.1) is 11.7 Å². The highest BCUT2D eigenvalue weighted by Gasteiger charge is 2.07. The predicted molar refractivity (Wildman–Crippen MR) is 75.1 cm³/mol. The number of rotatable bonds is 3. The van der Waals surface area contributed by atoms with Crippen LogP contribution in [0.3, 0.4) is 0 Å². The van der Waals surface area contributed by atoms with Gasteiger partial charge in [0.15, 0.2) is 0 Å². The van der Waals surface area contributed by atoms with Crippen molar-refractivity contribution in [2.24, 2.45) is 12.8 Å². The average molecular weight is 271 g/mol. The minimum absolute atomic E-state index is 0.224. The van der Waals surface area contributed by atoms with E-state index in [1.54, 1.807) is 16.9 Å². The highest BCUT2D eigenvalue weighted by molar-refractivity contribution is 5.80. The fourth-order valence-corrected chi connectivity index (χ4v) is 2.14. The van der Waals surface area contributed by atoms with Crippen molar-refractivity contribution in [3.05, 3.63) is 54.0 Å². The van der Waals surface area contributed by atoms with Crippen molar-refractivity contribution in [1.82, 2.24) is 9.78 Å². The lowest BCUT2D eigenvalue weighted by molar-refractivity contribution is 0.474. The minimum Gasteiger partial charge on any atom is -0.457 e. The summed E-state index contributed by atoms with van der Waals surface area (Å²) in [5, 5.41) is 5.17. The van der Waals surface area contributed by atoms with Crippen LogP contribution in [0.1, 0.15) is 5.56 Å². The number of fused-ring (bicyclic) bond motifs is 1. The Labute approximate surface area is 115 Å². The van der Waals surface area contributed by atoms with E-state index in [1.807, 2.05) is 25.2 Å². The van der Waals surface area contributed by atoms with Gasteiger partial charge in [0.25, 0.3) is 0 Å². The summed E-state index contributed by atoms with van der Waals surface area (Å²) in [6, 6.07) is 10.0. The Hall–Kier alpha value is -2.40. The Morgan fingerprint density at radius 1 is 1.25 bits per heavy atom. The highest BCUT2D eigenvalue weighted by atomic mass is 19.1. The molecule has 3 rings (SSSR count). The largest absolute Gasteiger partial charge is 0.457 e. The molecule has 0 bridgehead atoms. The van der Waals surface area contributed by atoms with Crippen molar-refractivity contribution >= 4 is 10.9 Å². The van der Waals surface area contributed by atoms with Crippen LogP contribution >= 0.6 is 0 Å². The summed E-state index contributed by atoms with van der Waals surface area (Å²) in [6.45, 7) is 0.224. The first-order chi connectivity index (χ1) is 9.67. The van der Waals surface area contributed by atoms with E-state index in [-0.39, 0.29) is 12.4 Å². The summed E-state index contributed by atoms with van der Waals surface area (Å²) >= 11 is 0. The first-order valence-electron chi connectivity index (χ1n) is 6.25. The van der Waals surface area contributed by atoms with E-state index in [2.05, 4.69) is 5.10 Å². The molecule has 0 atom stereocenters. The number of aromatic nitrogens is 2. The molecule has 0 aliphatic heterocycles. The molecule has 0 unspecified atom stereocenters. The van der Waals surface area contributed by atoms with Crippen LogP contribution in [-0.4, -0.2) is 9.78 Å². The van der Waals surface area contributed by atoms with Gasteiger partial charge in [-0.3, -0.25) is 4.68 Å². The molecule has 5 heteroatoms. The molecule has 3 aromatic rings. The predicted octanol–water partition coefficient (Wildman–Crippen LogP) is 2.96. The Bertz CT molecular complexity index is 767. The van der Waals surface area contributed by atoms with Gasteiger partial charge in [0.2, 0.25) is 0 Å². The number of aryl methyl sites for hydroxylation is 1.